The zero-order chi connectivity index (χ0) is 18.2. The van der Waals surface area contributed by atoms with Crippen LogP contribution in [0.15, 0.2) is 18.2 Å². The molecule has 0 radical (unpaired) electrons. The smallest absolute Gasteiger partial charge is 0.311 e. The Balaban J connectivity index is 1.83. The number of likely N-dealkylation sites (tertiary alicyclic amines) is 1. The van der Waals surface area contributed by atoms with Crippen LogP contribution >= 0.6 is 0 Å². The number of carbonyl (C=O) groups is 1. The summed E-state index contributed by atoms with van der Waals surface area (Å²) in [4.78, 5) is 24.4. The van der Waals surface area contributed by atoms with Crippen molar-refractivity contribution in [1.82, 2.24) is 10.2 Å². The number of hydrogen-bond acceptors (Lipinski definition) is 6. The molecule has 1 aliphatic rings. The van der Waals surface area contributed by atoms with E-state index in [0.29, 0.717) is 11.7 Å². The highest BCUT2D eigenvalue weighted by Crippen LogP contribution is 2.30. The fourth-order valence-corrected chi connectivity index (χ4v) is 2.95. The highest BCUT2D eigenvalue weighted by molar-refractivity contribution is 5.77. The second-order valence-corrected chi connectivity index (χ2v) is 6.10. The third-order valence-electron chi connectivity index (χ3n) is 4.48. The maximum absolute atomic E-state index is 12.3. The van der Waals surface area contributed by atoms with Gasteiger partial charge in [0.05, 0.1) is 12.0 Å². The van der Waals surface area contributed by atoms with Crippen molar-refractivity contribution < 1.29 is 19.2 Å². The Morgan fingerprint density at radius 2 is 2.12 bits per heavy atom. The van der Waals surface area contributed by atoms with Gasteiger partial charge in [0.2, 0.25) is 5.75 Å². The highest BCUT2D eigenvalue weighted by Gasteiger charge is 2.23. The lowest BCUT2D eigenvalue weighted by atomic mass is 9.93. The Kier molecular flexibility index (Phi) is 7.00. The predicted octanol–water partition coefficient (Wildman–Crippen LogP) is 1.83. The van der Waals surface area contributed by atoms with Gasteiger partial charge in [-0.2, -0.15) is 0 Å². The third-order valence-corrected chi connectivity index (χ3v) is 4.48. The molecule has 0 bridgehead atoms. The normalized spacial score (nSPS) is 15.0. The molecule has 1 heterocycles. The third kappa shape index (κ3) is 5.32. The van der Waals surface area contributed by atoms with E-state index in [1.807, 2.05) is 11.9 Å². The van der Waals surface area contributed by atoms with E-state index in [1.54, 1.807) is 0 Å². The molecule has 2 rings (SSSR count). The minimum Gasteiger partial charge on any atom is -0.490 e. The summed E-state index contributed by atoms with van der Waals surface area (Å²) in [5, 5.41) is 14.0. The zero-order valence-corrected chi connectivity index (χ0v) is 14.7. The number of amides is 1. The first-order chi connectivity index (χ1) is 12.0. The molecule has 25 heavy (non-hydrogen) atoms. The molecule has 1 aromatic rings. The second-order valence-electron chi connectivity index (χ2n) is 6.10. The first-order valence-electron chi connectivity index (χ1n) is 8.42. The van der Waals surface area contributed by atoms with E-state index in [-0.39, 0.29) is 24.0 Å². The minimum atomic E-state index is -0.522. The number of nitrogens with zero attached hydrogens (tertiary/aromatic N) is 2. The summed E-state index contributed by atoms with van der Waals surface area (Å²) < 4.78 is 10.5. The van der Waals surface area contributed by atoms with Crippen molar-refractivity contribution >= 4 is 11.6 Å². The molecule has 8 nitrogen and oxygen atoms in total. The van der Waals surface area contributed by atoms with E-state index >= 15 is 0 Å². The van der Waals surface area contributed by atoms with Crippen molar-refractivity contribution in [2.45, 2.75) is 19.3 Å². The van der Waals surface area contributed by atoms with Crippen LogP contribution in [-0.2, 0) is 4.79 Å². The summed E-state index contributed by atoms with van der Waals surface area (Å²) >= 11 is 0. The number of nitrogens with one attached hydrogen (secondary N) is 1. The van der Waals surface area contributed by atoms with Gasteiger partial charge in [0.1, 0.15) is 5.75 Å². The Hall–Kier alpha value is -2.35. The van der Waals surface area contributed by atoms with Crippen LogP contribution in [0, 0.1) is 16.0 Å². The molecule has 1 saturated heterocycles. The summed E-state index contributed by atoms with van der Waals surface area (Å²) in [6.45, 7) is 2.42. The standard InChI is InChI=1S/C17H25N3O5/c1-18-8-5-13-6-9-19(10-7-13)17(21)12-25-14-3-4-15(20(22)23)16(11-14)24-2/h3-4,11,13,18H,5-10,12H2,1-2H3. The monoisotopic (exact) mass is 351 g/mol. The minimum absolute atomic E-state index is 0.0654. The quantitative estimate of drug-likeness (QED) is 0.567. The highest BCUT2D eigenvalue weighted by atomic mass is 16.6. The van der Waals surface area contributed by atoms with Gasteiger partial charge in [-0.3, -0.25) is 14.9 Å². The fourth-order valence-electron chi connectivity index (χ4n) is 2.95. The molecule has 138 valence electrons. The van der Waals surface area contributed by atoms with Crippen LogP contribution in [0.2, 0.25) is 0 Å². The van der Waals surface area contributed by atoms with E-state index in [0.717, 1.165) is 38.9 Å². The number of nitro groups is 1. The SMILES string of the molecule is CNCCC1CCN(C(=O)COc2ccc([N+](=O)[O-])c(OC)c2)CC1. The van der Waals surface area contributed by atoms with Crippen molar-refractivity contribution in [3.05, 3.63) is 28.3 Å². The van der Waals surface area contributed by atoms with Crippen LogP contribution in [0.3, 0.4) is 0 Å². The van der Waals surface area contributed by atoms with E-state index in [2.05, 4.69) is 5.32 Å². The Morgan fingerprint density at radius 3 is 2.72 bits per heavy atom. The Morgan fingerprint density at radius 1 is 1.40 bits per heavy atom. The number of hydrogen-bond donors (Lipinski definition) is 1. The van der Waals surface area contributed by atoms with Crippen molar-refractivity contribution in [2.24, 2.45) is 5.92 Å². The Labute approximate surface area is 147 Å². The molecule has 0 spiro atoms. The molecule has 8 heteroatoms. The molecule has 1 N–H and O–H groups in total. The molecule has 1 aromatic carbocycles. The fraction of sp³-hybridized carbons (Fsp3) is 0.588. The summed E-state index contributed by atoms with van der Waals surface area (Å²) in [6.07, 6.45) is 3.16. The van der Waals surface area contributed by atoms with Gasteiger partial charge in [0.15, 0.2) is 6.61 Å². The van der Waals surface area contributed by atoms with Crippen LogP contribution in [-0.4, -0.2) is 56.1 Å². The molecule has 0 unspecified atom stereocenters. The summed E-state index contributed by atoms with van der Waals surface area (Å²) in [5.41, 5.74) is -0.134. The molecular formula is C17H25N3O5. The van der Waals surface area contributed by atoms with E-state index in [9.17, 15) is 14.9 Å². The van der Waals surface area contributed by atoms with Gasteiger partial charge in [0, 0.05) is 25.2 Å². The lowest BCUT2D eigenvalue weighted by Gasteiger charge is -2.32. The molecule has 0 aromatic heterocycles. The van der Waals surface area contributed by atoms with Gasteiger partial charge in [-0.05, 0) is 44.8 Å². The average molecular weight is 351 g/mol. The van der Waals surface area contributed by atoms with Crippen molar-refractivity contribution in [1.29, 1.82) is 0 Å². The predicted molar refractivity (Wildman–Crippen MR) is 93.0 cm³/mol. The maximum Gasteiger partial charge on any atom is 0.311 e. The molecule has 0 saturated carbocycles. The number of benzene rings is 1. The zero-order valence-electron chi connectivity index (χ0n) is 14.7. The molecule has 1 aliphatic heterocycles. The first kappa shape index (κ1) is 19.0. The van der Waals surface area contributed by atoms with Crippen molar-refractivity contribution in [3.8, 4) is 11.5 Å². The van der Waals surface area contributed by atoms with Gasteiger partial charge >= 0.3 is 5.69 Å². The number of ether oxygens (including phenoxy) is 2. The van der Waals surface area contributed by atoms with Gasteiger partial charge in [0.25, 0.3) is 5.91 Å². The topological polar surface area (TPSA) is 93.9 Å². The number of nitro benzene ring substituents is 1. The Bertz CT molecular complexity index is 600. The van der Waals surface area contributed by atoms with Crippen LogP contribution in [0.25, 0.3) is 0 Å². The largest absolute Gasteiger partial charge is 0.490 e. The van der Waals surface area contributed by atoms with E-state index in [1.165, 1.54) is 25.3 Å². The number of rotatable bonds is 8. The van der Waals surface area contributed by atoms with Crippen molar-refractivity contribution in [2.75, 3.05) is 40.4 Å². The molecule has 1 fully saturated rings. The lowest BCUT2D eigenvalue weighted by Crippen LogP contribution is -2.41. The number of piperidine rings is 1. The second kappa shape index (κ2) is 9.22. The van der Waals surface area contributed by atoms with Gasteiger partial charge in [-0.15, -0.1) is 0 Å². The number of methoxy groups -OCH3 is 1. The molecular weight excluding hydrogens is 326 g/mol. The molecule has 1 amide bonds. The first-order valence-corrected chi connectivity index (χ1v) is 8.42. The maximum atomic E-state index is 12.3. The lowest BCUT2D eigenvalue weighted by molar-refractivity contribution is -0.385. The van der Waals surface area contributed by atoms with Crippen LogP contribution in [0.1, 0.15) is 19.3 Å². The van der Waals surface area contributed by atoms with Gasteiger partial charge in [-0.25, -0.2) is 0 Å². The summed E-state index contributed by atoms with van der Waals surface area (Å²) in [7, 11) is 3.30. The number of carbonyl (C=O) groups excluding carboxylic acids is 1. The van der Waals surface area contributed by atoms with E-state index in [4.69, 9.17) is 9.47 Å². The average Bonchev–Trinajstić information content (AvgIpc) is 2.64. The van der Waals surface area contributed by atoms with Gasteiger partial charge in [-0.1, -0.05) is 0 Å². The molecule has 0 aliphatic carbocycles. The van der Waals surface area contributed by atoms with Crippen molar-refractivity contribution in [3.63, 3.8) is 0 Å². The summed E-state index contributed by atoms with van der Waals surface area (Å²) in [5.74, 6) is 1.08. The van der Waals surface area contributed by atoms with Gasteiger partial charge < -0.3 is 19.7 Å². The van der Waals surface area contributed by atoms with Crippen LogP contribution < -0.4 is 14.8 Å². The van der Waals surface area contributed by atoms with E-state index < -0.39 is 4.92 Å². The summed E-state index contributed by atoms with van der Waals surface area (Å²) in [6, 6.07) is 4.21. The molecule has 0 atom stereocenters. The van der Waals surface area contributed by atoms with Crippen LogP contribution in [0.4, 0.5) is 5.69 Å². The van der Waals surface area contributed by atoms with Crippen LogP contribution in [0.5, 0.6) is 11.5 Å².